The molecule has 1 aliphatic heterocycles. The molecule has 3 rings (SSSR count). The fourth-order valence-electron chi connectivity index (χ4n) is 2.97. The molecule has 1 aromatic rings. The fraction of sp³-hybridized carbons (Fsp3) is 0.625. The second kappa shape index (κ2) is 5.82. The van der Waals surface area contributed by atoms with E-state index in [2.05, 4.69) is 28.4 Å². The number of aryl methyl sites for hydroxylation is 1. The van der Waals surface area contributed by atoms with Gasteiger partial charge in [0.1, 0.15) is 0 Å². The Labute approximate surface area is 121 Å². The predicted molar refractivity (Wildman–Crippen MR) is 80.6 cm³/mol. The quantitative estimate of drug-likeness (QED) is 0.890. The van der Waals surface area contributed by atoms with Gasteiger partial charge in [-0.3, -0.25) is 0 Å². The van der Waals surface area contributed by atoms with Crippen LogP contribution < -0.4 is 5.32 Å². The standard InChI is InChI=1S/C16H23ClN2/c1-12-2-3-13(8-16(12)17)9-18-10-14-6-7-19(11-14)15-4-5-15/h2-3,8,14-15,18H,4-7,9-11H2,1H3. The molecule has 2 nitrogen and oxygen atoms in total. The highest BCUT2D eigenvalue weighted by molar-refractivity contribution is 6.31. The zero-order valence-electron chi connectivity index (χ0n) is 11.7. The number of hydrogen-bond donors (Lipinski definition) is 1. The molecule has 2 fully saturated rings. The van der Waals surface area contributed by atoms with Crippen LogP contribution in [0.15, 0.2) is 18.2 Å². The number of hydrogen-bond acceptors (Lipinski definition) is 2. The van der Waals surface area contributed by atoms with Crippen molar-refractivity contribution in [2.75, 3.05) is 19.6 Å². The van der Waals surface area contributed by atoms with E-state index in [0.717, 1.165) is 35.6 Å². The molecule has 1 aromatic carbocycles. The number of nitrogens with zero attached hydrogens (tertiary/aromatic N) is 1. The van der Waals surface area contributed by atoms with Crippen LogP contribution in [0.3, 0.4) is 0 Å². The molecule has 0 spiro atoms. The van der Waals surface area contributed by atoms with Crippen LogP contribution in [0.4, 0.5) is 0 Å². The molecular formula is C16H23ClN2. The molecule has 0 aromatic heterocycles. The van der Waals surface area contributed by atoms with E-state index < -0.39 is 0 Å². The highest BCUT2D eigenvalue weighted by Crippen LogP contribution is 2.31. The summed E-state index contributed by atoms with van der Waals surface area (Å²) in [6.45, 7) is 6.72. The monoisotopic (exact) mass is 278 g/mol. The van der Waals surface area contributed by atoms with Crippen LogP contribution in [0, 0.1) is 12.8 Å². The van der Waals surface area contributed by atoms with Gasteiger partial charge in [0.2, 0.25) is 0 Å². The van der Waals surface area contributed by atoms with Gasteiger partial charge in [-0.15, -0.1) is 0 Å². The molecule has 104 valence electrons. The van der Waals surface area contributed by atoms with Gasteiger partial charge in [-0.2, -0.15) is 0 Å². The van der Waals surface area contributed by atoms with Crippen LogP contribution >= 0.6 is 11.6 Å². The maximum Gasteiger partial charge on any atom is 0.0438 e. The Kier molecular flexibility index (Phi) is 4.11. The minimum Gasteiger partial charge on any atom is -0.312 e. The van der Waals surface area contributed by atoms with Gasteiger partial charge in [0.05, 0.1) is 0 Å². The summed E-state index contributed by atoms with van der Waals surface area (Å²) in [6.07, 6.45) is 4.22. The van der Waals surface area contributed by atoms with Crippen LogP contribution in [-0.2, 0) is 6.54 Å². The first-order chi connectivity index (χ1) is 9.22. The van der Waals surface area contributed by atoms with Gasteiger partial charge in [0.15, 0.2) is 0 Å². The van der Waals surface area contributed by atoms with Gasteiger partial charge in [0, 0.05) is 24.2 Å². The third-order valence-electron chi connectivity index (χ3n) is 4.38. The fourth-order valence-corrected chi connectivity index (χ4v) is 3.17. The van der Waals surface area contributed by atoms with E-state index in [4.69, 9.17) is 11.6 Å². The van der Waals surface area contributed by atoms with E-state index in [0.29, 0.717) is 0 Å². The predicted octanol–water partition coefficient (Wildman–Crippen LogP) is 3.22. The van der Waals surface area contributed by atoms with E-state index in [1.54, 1.807) is 0 Å². The lowest BCUT2D eigenvalue weighted by Crippen LogP contribution is -2.27. The van der Waals surface area contributed by atoms with E-state index in [9.17, 15) is 0 Å². The maximum absolute atomic E-state index is 6.15. The Hall–Kier alpha value is -0.570. The smallest absolute Gasteiger partial charge is 0.0438 e. The molecular weight excluding hydrogens is 256 g/mol. The van der Waals surface area contributed by atoms with Crippen molar-refractivity contribution >= 4 is 11.6 Å². The van der Waals surface area contributed by atoms with E-state index >= 15 is 0 Å². The molecule has 2 aliphatic rings. The van der Waals surface area contributed by atoms with Gasteiger partial charge >= 0.3 is 0 Å². The van der Waals surface area contributed by atoms with E-state index in [-0.39, 0.29) is 0 Å². The normalized spacial score (nSPS) is 24.0. The van der Waals surface area contributed by atoms with Crippen LogP contribution in [-0.4, -0.2) is 30.6 Å². The molecule has 1 saturated heterocycles. The lowest BCUT2D eigenvalue weighted by molar-refractivity contribution is 0.312. The Morgan fingerprint density at radius 3 is 2.89 bits per heavy atom. The van der Waals surface area contributed by atoms with Gasteiger partial charge in [0.25, 0.3) is 0 Å². The molecule has 3 heteroatoms. The average Bonchev–Trinajstić information content (AvgIpc) is 3.14. The summed E-state index contributed by atoms with van der Waals surface area (Å²) in [5.74, 6) is 0.835. The second-order valence-corrected chi connectivity index (χ2v) is 6.50. The molecule has 1 atom stereocenters. The molecule has 0 amide bonds. The summed E-state index contributed by atoms with van der Waals surface area (Å²) in [4.78, 5) is 2.68. The second-order valence-electron chi connectivity index (χ2n) is 6.10. The first-order valence-electron chi connectivity index (χ1n) is 7.42. The van der Waals surface area contributed by atoms with Crippen molar-refractivity contribution in [2.24, 2.45) is 5.92 Å². The average molecular weight is 279 g/mol. The Balaban J connectivity index is 1.41. The lowest BCUT2D eigenvalue weighted by Gasteiger charge is -2.15. The topological polar surface area (TPSA) is 15.3 Å². The Bertz CT molecular complexity index is 442. The van der Waals surface area contributed by atoms with Gasteiger partial charge in [-0.1, -0.05) is 23.7 Å². The maximum atomic E-state index is 6.15. The van der Waals surface area contributed by atoms with Gasteiger partial charge < -0.3 is 10.2 Å². The molecule has 1 unspecified atom stereocenters. The molecule has 1 heterocycles. The van der Waals surface area contributed by atoms with Crippen molar-refractivity contribution < 1.29 is 0 Å². The summed E-state index contributed by atoms with van der Waals surface area (Å²) >= 11 is 6.15. The molecule has 1 aliphatic carbocycles. The first kappa shape index (κ1) is 13.4. The summed E-state index contributed by atoms with van der Waals surface area (Å²) in [6, 6.07) is 7.28. The van der Waals surface area contributed by atoms with Crippen LogP contribution in [0.5, 0.6) is 0 Å². The lowest BCUT2D eigenvalue weighted by atomic mass is 10.1. The SMILES string of the molecule is Cc1ccc(CNCC2CCN(C3CC3)C2)cc1Cl. The van der Waals surface area contributed by atoms with Crippen molar-refractivity contribution in [1.82, 2.24) is 10.2 Å². The molecule has 1 N–H and O–H groups in total. The minimum atomic E-state index is 0.835. The third-order valence-corrected chi connectivity index (χ3v) is 4.79. The zero-order chi connectivity index (χ0) is 13.2. The largest absolute Gasteiger partial charge is 0.312 e. The van der Waals surface area contributed by atoms with Crippen LogP contribution in [0.25, 0.3) is 0 Å². The molecule has 0 radical (unpaired) electrons. The molecule has 19 heavy (non-hydrogen) atoms. The zero-order valence-corrected chi connectivity index (χ0v) is 12.4. The third kappa shape index (κ3) is 3.50. The molecule has 1 saturated carbocycles. The number of likely N-dealkylation sites (tertiary alicyclic amines) is 1. The summed E-state index contributed by atoms with van der Waals surface area (Å²) < 4.78 is 0. The Morgan fingerprint density at radius 2 is 2.16 bits per heavy atom. The summed E-state index contributed by atoms with van der Waals surface area (Å²) in [5, 5.41) is 4.46. The van der Waals surface area contributed by atoms with Gasteiger partial charge in [-0.05, 0) is 62.4 Å². The highest BCUT2D eigenvalue weighted by atomic mass is 35.5. The number of halogens is 1. The molecule has 0 bridgehead atoms. The van der Waals surface area contributed by atoms with Crippen LogP contribution in [0.2, 0.25) is 5.02 Å². The summed E-state index contributed by atoms with van der Waals surface area (Å²) in [5.41, 5.74) is 2.44. The number of benzene rings is 1. The van der Waals surface area contributed by atoms with Crippen molar-refractivity contribution in [1.29, 1.82) is 0 Å². The van der Waals surface area contributed by atoms with E-state index in [1.165, 1.54) is 37.9 Å². The number of rotatable bonds is 5. The van der Waals surface area contributed by atoms with Crippen molar-refractivity contribution in [3.8, 4) is 0 Å². The van der Waals surface area contributed by atoms with Crippen molar-refractivity contribution in [2.45, 2.75) is 38.8 Å². The first-order valence-corrected chi connectivity index (χ1v) is 7.80. The number of nitrogens with one attached hydrogen (secondary N) is 1. The van der Waals surface area contributed by atoms with Crippen LogP contribution in [0.1, 0.15) is 30.4 Å². The van der Waals surface area contributed by atoms with E-state index in [1.807, 2.05) is 6.92 Å². The van der Waals surface area contributed by atoms with Crippen molar-refractivity contribution in [3.63, 3.8) is 0 Å². The Morgan fingerprint density at radius 1 is 1.32 bits per heavy atom. The minimum absolute atomic E-state index is 0.835. The summed E-state index contributed by atoms with van der Waals surface area (Å²) in [7, 11) is 0. The van der Waals surface area contributed by atoms with Gasteiger partial charge in [-0.25, -0.2) is 0 Å². The van der Waals surface area contributed by atoms with Crippen molar-refractivity contribution in [3.05, 3.63) is 34.3 Å². The highest BCUT2D eigenvalue weighted by Gasteiger charge is 2.33.